The van der Waals surface area contributed by atoms with E-state index in [0.29, 0.717) is 22.7 Å². The number of fused-ring (bicyclic) bond motifs is 1. The van der Waals surface area contributed by atoms with E-state index in [0.717, 1.165) is 54.8 Å². The van der Waals surface area contributed by atoms with E-state index < -0.39 is 5.82 Å². The van der Waals surface area contributed by atoms with E-state index in [1.807, 2.05) is 42.5 Å². The Morgan fingerprint density at radius 1 is 1.00 bits per heavy atom. The largest absolute Gasteiger partial charge is 0.369 e. The molecule has 6 nitrogen and oxygen atoms in total. The van der Waals surface area contributed by atoms with Crippen LogP contribution in [-0.4, -0.2) is 62.5 Å². The lowest BCUT2D eigenvalue weighted by Crippen LogP contribution is -2.47. The molecule has 1 N–H and O–H groups in total. The summed E-state index contributed by atoms with van der Waals surface area (Å²) in [7, 11) is 0. The van der Waals surface area contributed by atoms with Crippen molar-refractivity contribution in [2.75, 3.05) is 55.6 Å². The zero-order chi connectivity index (χ0) is 27.2. The van der Waals surface area contributed by atoms with Crippen molar-refractivity contribution in [1.29, 1.82) is 0 Å². The second-order valence-corrected chi connectivity index (χ2v) is 11.0. The molecular weight excluding hydrogens is 535 g/mol. The molecule has 2 aliphatic rings. The van der Waals surface area contributed by atoms with Crippen LogP contribution in [0.1, 0.15) is 12.0 Å². The van der Waals surface area contributed by atoms with Crippen molar-refractivity contribution >= 4 is 52.6 Å². The molecule has 39 heavy (non-hydrogen) atoms. The van der Waals surface area contributed by atoms with Crippen LogP contribution >= 0.6 is 23.4 Å². The van der Waals surface area contributed by atoms with E-state index in [2.05, 4.69) is 21.2 Å². The van der Waals surface area contributed by atoms with Gasteiger partial charge in [-0.05, 0) is 55.4 Å². The van der Waals surface area contributed by atoms with Gasteiger partial charge in [0.25, 0.3) is 5.91 Å². The Hall–Kier alpha value is -3.33. The first-order valence-electron chi connectivity index (χ1n) is 13.0. The average Bonchev–Trinajstić information content (AvgIpc) is 2.95. The van der Waals surface area contributed by atoms with Crippen LogP contribution in [0.5, 0.6) is 0 Å². The summed E-state index contributed by atoms with van der Waals surface area (Å²) in [5.74, 6) is -0.928. The Labute approximate surface area is 237 Å². The van der Waals surface area contributed by atoms with Crippen LogP contribution in [0.25, 0.3) is 6.08 Å². The monoisotopic (exact) mass is 564 g/mol. The lowest BCUT2D eigenvalue weighted by atomic mass is 10.2. The standard InChI is InChI=1S/C30H30ClFN4O2S/c31-23-8-5-9-24(20-23)35-17-15-34(16-18-35)14-6-13-33-29(37)21-36-26-11-3-4-12-27(26)39-28(30(36)38)19-22-7-1-2-10-25(22)32/h1-5,7-12,19-20H,6,13-18,21H2,(H,33,37). The number of piperazine rings is 1. The van der Waals surface area contributed by atoms with Gasteiger partial charge in [-0.3, -0.25) is 19.4 Å². The predicted molar refractivity (Wildman–Crippen MR) is 157 cm³/mol. The Bertz CT molecular complexity index is 1380. The number of thioether (sulfide) groups is 1. The second-order valence-electron chi connectivity index (χ2n) is 9.50. The highest BCUT2D eigenvalue weighted by atomic mass is 35.5. The Kier molecular flexibility index (Phi) is 8.86. The molecule has 2 aliphatic heterocycles. The fourth-order valence-corrected chi connectivity index (χ4v) is 6.02. The van der Waals surface area contributed by atoms with Crippen LogP contribution in [0.15, 0.2) is 82.6 Å². The Balaban J connectivity index is 1.12. The number of benzene rings is 3. The van der Waals surface area contributed by atoms with Gasteiger partial charge in [-0.1, -0.05) is 59.8 Å². The number of halogens is 2. The van der Waals surface area contributed by atoms with Gasteiger partial charge in [0.15, 0.2) is 0 Å². The van der Waals surface area contributed by atoms with E-state index >= 15 is 0 Å². The van der Waals surface area contributed by atoms with Gasteiger partial charge in [0, 0.05) is 53.9 Å². The average molecular weight is 565 g/mol. The summed E-state index contributed by atoms with van der Waals surface area (Å²) in [6.07, 6.45) is 2.37. The normalized spacial score (nSPS) is 16.9. The lowest BCUT2D eigenvalue weighted by molar-refractivity contribution is -0.122. The summed E-state index contributed by atoms with van der Waals surface area (Å²) >= 11 is 7.42. The number of amides is 2. The predicted octanol–water partition coefficient (Wildman–Crippen LogP) is 5.29. The van der Waals surface area contributed by atoms with Crippen molar-refractivity contribution in [2.24, 2.45) is 0 Å². The first kappa shape index (κ1) is 27.2. The van der Waals surface area contributed by atoms with Gasteiger partial charge in [0.2, 0.25) is 5.91 Å². The summed E-state index contributed by atoms with van der Waals surface area (Å²) in [5, 5.41) is 3.71. The quantitative estimate of drug-likeness (QED) is 0.298. The molecule has 3 aromatic carbocycles. The highest BCUT2D eigenvalue weighted by Gasteiger charge is 2.30. The minimum Gasteiger partial charge on any atom is -0.369 e. The molecule has 202 valence electrons. The van der Waals surface area contributed by atoms with Crippen LogP contribution in [-0.2, 0) is 9.59 Å². The maximum atomic E-state index is 14.2. The van der Waals surface area contributed by atoms with Gasteiger partial charge in [-0.25, -0.2) is 4.39 Å². The number of carbonyl (C=O) groups excluding carboxylic acids is 2. The van der Waals surface area contributed by atoms with E-state index in [9.17, 15) is 14.0 Å². The first-order valence-corrected chi connectivity index (χ1v) is 14.2. The zero-order valence-corrected chi connectivity index (χ0v) is 23.1. The number of rotatable bonds is 8. The number of carbonyl (C=O) groups is 2. The van der Waals surface area contributed by atoms with Crippen molar-refractivity contribution in [3.8, 4) is 0 Å². The molecule has 3 aromatic rings. The maximum absolute atomic E-state index is 14.2. The number of para-hydroxylation sites is 1. The fourth-order valence-electron chi connectivity index (χ4n) is 4.79. The third-order valence-electron chi connectivity index (χ3n) is 6.84. The summed E-state index contributed by atoms with van der Waals surface area (Å²) in [6.45, 7) is 5.10. The van der Waals surface area contributed by atoms with Crippen LogP contribution < -0.4 is 15.1 Å². The Morgan fingerprint density at radius 3 is 2.56 bits per heavy atom. The molecule has 0 saturated carbocycles. The molecule has 0 spiro atoms. The molecule has 0 atom stereocenters. The van der Waals surface area contributed by atoms with Gasteiger partial charge in [0.1, 0.15) is 12.4 Å². The summed E-state index contributed by atoms with van der Waals surface area (Å²) in [4.78, 5) is 33.6. The maximum Gasteiger partial charge on any atom is 0.265 e. The molecule has 1 saturated heterocycles. The number of hydrogen-bond acceptors (Lipinski definition) is 5. The van der Waals surface area contributed by atoms with Crippen LogP contribution in [0.2, 0.25) is 5.02 Å². The third kappa shape index (κ3) is 6.82. The summed E-state index contributed by atoms with van der Waals surface area (Å²) in [5.41, 5.74) is 2.17. The van der Waals surface area contributed by atoms with E-state index in [1.165, 1.54) is 22.7 Å². The molecule has 2 amide bonds. The van der Waals surface area contributed by atoms with E-state index in [1.54, 1.807) is 24.3 Å². The van der Waals surface area contributed by atoms with Crippen molar-refractivity contribution in [3.05, 3.63) is 94.1 Å². The molecule has 0 aromatic heterocycles. The topological polar surface area (TPSA) is 55.9 Å². The highest BCUT2D eigenvalue weighted by Crippen LogP contribution is 2.42. The van der Waals surface area contributed by atoms with Gasteiger partial charge in [0.05, 0.1) is 10.6 Å². The number of nitrogens with one attached hydrogen (secondary N) is 1. The van der Waals surface area contributed by atoms with Crippen molar-refractivity contribution in [2.45, 2.75) is 11.3 Å². The minimum atomic E-state index is -0.396. The van der Waals surface area contributed by atoms with Crippen molar-refractivity contribution in [1.82, 2.24) is 10.2 Å². The van der Waals surface area contributed by atoms with Crippen molar-refractivity contribution < 1.29 is 14.0 Å². The van der Waals surface area contributed by atoms with E-state index in [-0.39, 0.29) is 18.4 Å². The number of hydrogen-bond donors (Lipinski definition) is 1. The molecule has 0 aliphatic carbocycles. The van der Waals surface area contributed by atoms with Gasteiger partial charge < -0.3 is 10.2 Å². The fraction of sp³-hybridized carbons (Fsp3) is 0.267. The van der Waals surface area contributed by atoms with Gasteiger partial charge in [-0.2, -0.15) is 0 Å². The summed E-state index contributed by atoms with van der Waals surface area (Å²) < 4.78 is 14.2. The highest BCUT2D eigenvalue weighted by molar-refractivity contribution is 8.04. The Morgan fingerprint density at radius 2 is 1.77 bits per heavy atom. The molecule has 0 bridgehead atoms. The molecule has 5 rings (SSSR count). The molecule has 0 radical (unpaired) electrons. The van der Waals surface area contributed by atoms with Crippen LogP contribution in [0.3, 0.4) is 0 Å². The zero-order valence-electron chi connectivity index (χ0n) is 21.5. The summed E-state index contributed by atoms with van der Waals surface area (Å²) in [6, 6.07) is 21.7. The smallest absolute Gasteiger partial charge is 0.265 e. The van der Waals surface area contributed by atoms with Gasteiger partial charge in [-0.15, -0.1) is 0 Å². The van der Waals surface area contributed by atoms with Crippen molar-refractivity contribution in [3.63, 3.8) is 0 Å². The van der Waals surface area contributed by atoms with Gasteiger partial charge >= 0.3 is 0 Å². The third-order valence-corrected chi connectivity index (χ3v) is 8.16. The molecular formula is C30H30ClFN4O2S. The molecule has 2 heterocycles. The van der Waals surface area contributed by atoms with E-state index in [4.69, 9.17) is 11.6 Å². The molecule has 9 heteroatoms. The number of nitrogens with zero attached hydrogens (tertiary/aromatic N) is 3. The van der Waals surface area contributed by atoms with Crippen LogP contribution in [0.4, 0.5) is 15.8 Å². The van der Waals surface area contributed by atoms with Crippen LogP contribution in [0, 0.1) is 5.82 Å². The SMILES string of the molecule is O=C(CN1C(=O)C(=Cc2ccccc2F)Sc2ccccc21)NCCCN1CCN(c2cccc(Cl)c2)CC1. The first-order chi connectivity index (χ1) is 19.0. The lowest BCUT2D eigenvalue weighted by Gasteiger charge is -2.36. The molecule has 0 unspecified atom stereocenters. The molecule has 1 fully saturated rings. The second kappa shape index (κ2) is 12.7. The minimum absolute atomic E-state index is 0.0939. The number of anilines is 2.